The molecule has 2 aromatic carbocycles. The van der Waals surface area contributed by atoms with Gasteiger partial charge in [0.15, 0.2) is 11.6 Å². The molecule has 5 heteroatoms. The summed E-state index contributed by atoms with van der Waals surface area (Å²) in [6.07, 6.45) is 0. The number of ketones is 2. The van der Waals surface area contributed by atoms with E-state index in [9.17, 15) is 9.59 Å². The predicted molar refractivity (Wildman–Crippen MR) is 74.2 cm³/mol. The molecule has 2 aromatic rings. The van der Waals surface area contributed by atoms with Gasteiger partial charge in [0.2, 0.25) is 0 Å². The zero-order valence-electron chi connectivity index (χ0n) is 9.54. The molecular weight excluding hydrogens is 285 g/mol. The van der Waals surface area contributed by atoms with Crippen LogP contribution in [0.15, 0.2) is 30.3 Å². The molecule has 0 atom stereocenters. The third kappa shape index (κ3) is 1.66. The Morgan fingerprint density at radius 3 is 2.05 bits per heavy atom. The maximum absolute atomic E-state index is 12.4. The fourth-order valence-electron chi connectivity index (χ4n) is 2.22. The van der Waals surface area contributed by atoms with E-state index in [1.54, 1.807) is 18.2 Å². The second-order valence-electron chi connectivity index (χ2n) is 4.24. The van der Waals surface area contributed by atoms with E-state index in [0.29, 0.717) is 5.56 Å². The monoisotopic (exact) mass is 291 g/mol. The van der Waals surface area contributed by atoms with E-state index in [1.807, 2.05) is 0 Å². The van der Waals surface area contributed by atoms with Crippen molar-refractivity contribution in [3.63, 3.8) is 0 Å². The van der Waals surface area contributed by atoms with Crippen LogP contribution in [0.2, 0.25) is 10.0 Å². The lowest BCUT2D eigenvalue weighted by molar-refractivity contribution is 0.0979. The normalized spacial score (nSPS) is 13.2. The van der Waals surface area contributed by atoms with Crippen LogP contribution in [-0.2, 0) is 0 Å². The van der Waals surface area contributed by atoms with Gasteiger partial charge in [0, 0.05) is 22.4 Å². The van der Waals surface area contributed by atoms with Crippen molar-refractivity contribution in [2.45, 2.75) is 0 Å². The minimum absolute atomic E-state index is 0.235. The van der Waals surface area contributed by atoms with Crippen molar-refractivity contribution in [2.75, 3.05) is 5.73 Å². The third-order valence-corrected chi connectivity index (χ3v) is 3.84. The average molecular weight is 292 g/mol. The highest BCUT2D eigenvalue weighted by Gasteiger charge is 2.31. The Balaban J connectivity index is 2.36. The highest BCUT2D eigenvalue weighted by atomic mass is 35.5. The first-order valence-corrected chi connectivity index (χ1v) is 6.23. The molecule has 3 nitrogen and oxygen atoms in total. The van der Waals surface area contributed by atoms with Crippen LogP contribution in [0.5, 0.6) is 0 Å². The smallest absolute Gasteiger partial charge is 0.196 e. The van der Waals surface area contributed by atoms with Gasteiger partial charge in [0.25, 0.3) is 0 Å². The number of rotatable bonds is 0. The van der Waals surface area contributed by atoms with E-state index in [-0.39, 0.29) is 44.0 Å². The minimum atomic E-state index is -0.304. The number of nitrogens with two attached hydrogens (primary N) is 1. The largest absolute Gasteiger partial charge is 0.398 e. The van der Waals surface area contributed by atoms with Crippen molar-refractivity contribution >= 4 is 40.5 Å². The molecule has 19 heavy (non-hydrogen) atoms. The van der Waals surface area contributed by atoms with Crippen LogP contribution in [0, 0.1) is 0 Å². The number of fused-ring (bicyclic) bond motifs is 2. The second-order valence-corrected chi connectivity index (χ2v) is 5.05. The number of anilines is 1. The first kappa shape index (κ1) is 12.2. The molecule has 0 amide bonds. The number of hydrogen-bond donors (Lipinski definition) is 1. The van der Waals surface area contributed by atoms with Crippen LogP contribution < -0.4 is 5.73 Å². The van der Waals surface area contributed by atoms with Gasteiger partial charge in [-0.1, -0.05) is 35.3 Å². The fourth-order valence-corrected chi connectivity index (χ4v) is 2.54. The SMILES string of the molecule is Nc1cccc2c1C(=O)c1cc(Cl)c(Cl)cc1C2=O. The predicted octanol–water partition coefficient (Wildman–Crippen LogP) is 3.35. The summed E-state index contributed by atoms with van der Waals surface area (Å²) in [6, 6.07) is 7.65. The summed E-state index contributed by atoms with van der Waals surface area (Å²) >= 11 is 11.8. The third-order valence-electron chi connectivity index (χ3n) is 3.12. The number of halogens is 2. The Bertz CT molecular complexity index is 753. The quantitative estimate of drug-likeness (QED) is 0.646. The lowest BCUT2D eigenvalue weighted by Gasteiger charge is -2.19. The van der Waals surface area contributed by atoms with Gasteiger partial charge < -0.3 is 5.73 Å². The van der Waals surface area contributed by atoms with Gasteiger partial charge in [-0.25, -0.2) is 0 Å². The number of carbonyl (C=O) groups excluding carboxylic acids is 2. The van der Waals surface area contributed by atoms with Crippen molar-refractivity contribution in [2.24, 2.45) is 0 Å². The summed E-state index contributed by atoms with van der Waals surface area (Å²) in [5.41, 5.74) is 7.11. The van der Waals surface area contributed by atoms with Crippen LogP contribution in [0.25, 0.3) is 0 Å². The minimum Gasteiger partial charge on any atom is -0.398 e. The summed E-state index contributed by atoms with van der Waals surface area (Å²) in [4.78, 5) is 24.8. The second kappa shape index (κ2) is 4.08. The van der Waals surface area contributed by atoms with E-state index >= 15 is 0 Å². The standard InChI is InChI=1S/C14H7Cl2NO2/c15-9-4-7-8(5-10(9)16)14(19)12-6(13(7)18)2-1-3-11(12)17/h1-5H,17H2. The van der Waals surface area contributed by atoms with Crippen LogP contribution in [0.4, 0.5) is 5.69 Å². The molecule has 0 saturated heterocycles. The van der Waals surface area contributed by atoms with Gasteiger partial charge >= 0.3 is 0 Å². The van der Waals surface area contributed by atoms with Gasteiger partial charge in [-0.3, -0.25) is 9.59 Å². The number of nitrogen functional groups attached to an aromatic ring is 1. The average Bonchev–Trinajstić information content (AvgIpc) is 2.38. The molecule has 0 unspecified atom stereocenters. The Kier molecular flexibility index (Phi) is 2.62. The summed E-state index contributed by atoms with van der Waals surface area (Å²) in [5.74, 6) is -0.572. The van der Waals surface area contributed by atoms with Crippen molar-refractivity contribution < 1.29 is 9.59 Å². The molecule has 0 radical (unpaired) electrons. The molecule has 1 aliphatic carbocycles. The number of hydrogen-bond acceptors (Lipinski definition) is 3. The summed E-state index contributed by atoms with van der Waals surface area (Å²) in [5, 5.41) is 0.480. The van der Waals surface area contributed by atoms with Crippen LogP contribution in [0.3, 0.4) is 0 Å². The topological polar surface area (TPSA) is 60.2 Å². The molecule has 0 heterocycles. The van der Waals surface area contributed by atoms with Gasteiger partial charge in [0.05, 0.1) is 15.6 Å². The summed E-state index contributed by atoms with van der Waals surface area (Å²) < 4.78 is 0. The first-order chi connectivity index (χ1) is 9.00. The molecule has 0 saturated carbocycles. The van der Waals surface area contributed by atoms with Crippen molar-refractivity contribution in [3.05, 3.63) is 62.6 Å². The molecule has 3 rings (SSSR count). The molecular formula is C14H7Cl2NO2. The molecule has 1 aliphatic rings. The molecule has 0 aliphatic heterocycles. The van der Waals surface area contributed by atoms with Crippen molar-refractivity contribution in [3.8, 4) is 0 Å². The zero-order chi connectivity index (χ0) is 13.7. The molecule has 0 aromatic heterocycles. The maximum atomic E-state index is 12.4. The highest BCUT2D eigenvalue weighted by molar-refractivity contribution is 6.43. The zero-order valence-corrected chi connectivity index (χ0v) is 11.0. The van der Waals surface area contributed by atoms with E-state index in [0.717, 1.165) is 0 Å². The highest BCUT2D eigenvalue weighted by Crippen LogP contribution is 2.34. The van der Waals surface area contributed by atoms with E-state index < -0.39 is 0 Å². The van der Waals surface area contributed by atoms with Crippen molar-refractivity contribution in [1.82, 2.24) is 0 Å². The van der Waals surface area contributed by atoms with Gasteiger partial charge in [-0.05, 0) is 18.2 Å². The van der Waals surface area contributed by atoms with E-state index in [4.69, 9.17) is 28.9 Å². The molecule has 0 spiro atoms. The van der Waals surface area contributed by atoms with Crippen LogP contribution in [-0.4, -0.2) is 11.6 Å². The Morgan fingerprint density at radius 1 is 0.842 bits per heavy atom. The van der Waals surface area contributed by atoms with Crippen LogP contribution >= 0.6 is 23.2 Å². The summed E-state index contributed by atoms with van der Waals surface area (Å²) in [6.45, 7) is 0. The lowest BCUT2D eigenvalue weighted by Crippen LogP contribution is -2.22. The van der Waals surface area contributed by atoms with Gasteiger partial charge in [-0.2, -0.15) is 0 Å². The van der Waals surface area contributed by atoms with E-state index in [1.165, 1.54) is 12.1 Å². The molecule has 2 N–H and O–H groups in total. The summed E-state index contributed by atoms with van der Waals surface area (Å²) in [7, 11) is 0. The van der Waals surface area contributed by atoms with Crippen LogP contribution in [0.1, 0.15) is 31.8 Å². The molecule has 0 fully saturated rings. The molecule has 0 bridgehead atoms. The first-order valence-electron chi connectivity index (χ1n) is 5.47. The van der Waals surface area contributed by atoms with E-state index in [2.05, 4.69) is 0 Å². The van der Waals surface area contributed by atoms with Gasteiger partial charge in [-0.15, -0.1) is 0 Å². The Hall–Kier alpha value is -1.84. The fraction of sp³-hybridized carbons (Fsp3) is 0. The Morgan fingerprint density at radius 2 is 1.42 bits per heavy atom. The number of benzene rings is 2. The molecule has 94 valence electrons. The van der Waals surface area contributed by atoms with Crippen molar-refractivity contribution in [1.29, 1.82) is 0 Å². The lowest BCUT2D eigenvalue weighted by atomic mass is 9.83. The number of carbonyl (C=O) groups is 2. The van der Waals surface area contributed by atoms with Gasteiger partial charge in [0.1, 0.15) is 0 Å². The maximum Gasteiger partial charge on any atom is 0.196 e. The Labute approximate surface area is 118 Å².